The van der Waals surface area contributed by atoms with Crippen molar-refractivity contribution >= 4 is 5.97 Å². The second kappa shape index (κ2) is 14.8. The fourth-order valence-corrected chi connectivity index (χ4v) is 13.6. The van der Waals surface area contributed by atoms with Crippen LogP contribution in [-0.2, 0) is 9.53 Å². The summed E-state index contributed by atoms with van der Waals surface area (Å²) in [5.74, 6) is 2.81. The number of fused-ring (bicyclic) bond motifs is 2. The fraction of sp³-hybridized carbons (Fsp3) is 0.977. The average Bonchev–Trinajstić information content (AvgIpc) is 3.61. The highest BCUT2D eigenvalue weighted by Crippen LogP contribution is 2.89. The molecule has 0 aromatic carbocycles. The second-order valence-electron chi connectivity index (χ2n) is 20.0. The molecule has 5 fully saturated rings. The number of hydrogen-bond acceptors (Lipinski definition) is 4. The highest BCUT2D eigenvalue weighted by molar-refractivity contribution is 5.69. The number of carbonyl (C=O) groups excluding carboxylic acids is 1. The third kappa shape index (κ3) is 6.96. The molecule has 0 aromatic rings. The van der Waals surface area contributed by atoms with Gasteiger partial charge < -0.3 is 14.9 Å². The molecule has 5 rings (SSSR count). The Morgan fingerprint density at radius 3 is 1.96 bits per heavy atom. The maximum Gasteiger partial charge on any atom is 0.306 e. The summed E-state index contributed by atoms with van der Waals surface area (Å²) in [5, 5.41) is 20.9. The number of ether oxygens (including phenoxy) is 1. The molecule has 0 heterocycles. The monoisotopic (exact) mass is 671 g/mol. The van der Waals surface area contributed by atoms with Crippen LogP contribution in [0.15, 0.2) is 0 Å². The van der Waals surface area contributed by atoms with Crippen LogP contribution in [0.25, 0.3) is 0 Å². The number of carbonyl (C=O) groups is 1. The summed E-state index contributed by atoms with van der Waals surface area (Å²) in [6.45, 7) is 18.4. The molecule has 0 aliphatic heterocycles. The maximum atomic E-state index is 13.1. The van der Waals surface area contributed by atoms with Crippen LogP contribution in [0.2, 0.25) is 0 Å². The Kier molecular flexibility index (Phi) is 11.9. The van der Waals surface area contributed by atoms with Gasteiger partial charge in [0.15, 0.2) is 0 Å². The lowest BCUT2D eigenvalue weighted by molar-refractivity contribution is -0.183. The first kappa shape index (κ1) is 38.6. The molecule has 4 heteroatoms. The Hall–Kier alpha value is -0.610. The first-order chi connectivity index (χ1) is 22.6. The van der Waals surface area contributed by atoms with Crippen LogP contribution in [0.1, 0.15) is 203 Å². The molecule has 0 radical (unpaired) electrons. The van der Waals surface area contributed by atoms with E-state index in [1.807, 2.05) is 0 Å². The van der Waals surface area contributed by atoms with E-state index in [1.165, 1.54) is 109 Å². The molecule has 5 aliphatic carbocycles. The Labute approximate surface area is 296 Å². The van der Waals surface area contributed by atoms with E-state index in [-0.39, 0.29) is 17.5 Å². The third-order valence-corrected chi connectivity index (χ3v) is 16.8. The van der Waals surface area contributed by atoms with Crippen molar-refractivity contribution in [2.45, 2.75) is 221 Å². The largest absolute Gasteiger partial charge is 0.462 e. The Morgan fingerprint density at radius 1 is 0.750 bits per heavy atom. The molecule has 0 bridgehead atoms. The van der Waals surface area contributed by atoms with Crippen molar-refractivity contribution in [1.29, 1.82) is 0 Å². The van der Waals surface area contributed by atoms with Crippen LogP contribution in [0.5, 0.6) is 0 Å². The summed E-state index contributed by atoms with van der Waals surface area (Å²) in [7, 11) is 0. The lowest BCUT2D eigenvalue weighted by Crippen LogP contribution is -2.58. The maximum absolute atomic E-state index is 13.1. The minimum atomic E-state index is -1.03. The summed E-state index contributed by atoms with van der Waals surface area (Å²) in [6.07, 6.45) is 27.8. The van der Waals surface area contributed by atoms with E-state index < -0.39 is 11.7 Å². The molecular weight excluding hydrogens is 592 g/mol. The standard InChI is InChI=1S/C44H78O4/c1-9-10-11-12-13-14-15-16-17-18-19-20-38(46)48-37-26-28-43-31-44(43)30-29-41(7)33(32(2)21-24-36(45)40(5,6)47)25-27-42(41,8)35(44)23-22-34(43)39(37,3)4/h32-37,45,47H,9-31H2,1-8H3. The van der Waals surface area contributed by atoms with Crippen LogP contribution in [0.4, 0.5) is 0 Å². The van der Waals surface area contributed by atoms with Gasteiger partial charge in [0.1, 0.15) is 6.10 Å². The van der Waals surface area contributed by atoms with Crippen LogP contribution < -0.4 is 0 Å². The number of unbranched alkanes of at least 4 members (excludes halogenated alkanes) is 10. The Bertz CT molecular complexity index is 1080. The van der Waals surface area contributed by atoms with E-state index in [4.69, 9.17) is 4.74 Å². The van der Waals surface area contributed by atoms with E-state index >= 15 is 0 Å². The number of esters is 1. The summed E-state index contributed by atoms with van der Waals surface area (Å²) in [6, 6.07) is 0. The molecule has 0 amide bonds. The van der Waals surface area contributed by atoms with Crippen molar-refractivity contribution in [2.24, 2.45) is 50.7 Å². The minimum Gasteiger partial charge on any atom is -0.462 e. The summed E-state index contributed by atoms with van der Waals surface area (Å²) in [5.41, 5.74) is 0.728. The molecular formula is C44H78O4. The molecule has 5 aliphatic rings. The average molecular weight is 671 g/mol. The molecule has 48 heavy (non-hydrogen) atoms. The first-order valence-electron chi connectivity index (χ1n) is 21.2. The van der Waals surface area contributed by atoms with Crippen molar-refractivity contribution in [2.75, 3.05) is 0 Å². The SMILES string of the molecule is CCCCCCCCCCCCCC(=O)OC1CCC23CC24CCC2(C)C(C(C)CCC(O)C(C)(C)O)CCC2(C)C4CCC3C1(C)C. The topological polar surface area (TPSA) is 66.8 Å². The lowest BCUT2D eigenvalue weighted by atomic mass is 9.41. The number of aliphatic hydroxyl groups excluding tert-OH is 1. The summed E-state index contributed by atoms with van der Waals surface area (Å²) < 4.78 is 6.38. The van der Waals surface area contributed by atoms with Gasteiger partial charge in [-0.1, -0.05) is 106 Å². The second-order valence-corrected chi connectivity index (χ2v) is 20.0. The van der Waals surface area contributed by atoms with Crippen molar-refractivity contribution in [1.82, 2.24) is 0 Å². The van der Waals surface area contributed by atoms with Gasteiger partial charge in [-0.2, -0.15) is 0 Å². The van der Waals surface area contributed by atoms with Crippen molar-refractivity contribution in [3.63, 3.8) is 0 Å². The van der Waals surface area contributed by atoms with Gasteiger partial charge >= 0.3 is 5.97 Å². The van der Waals surface area contributed by atoms with E-state index in [0.29, 0.717) is 52.3 Å². The van der Waals surface area contributed by atoms with Crippen LogP contribution in [0.3, 0.4) is 0 Å². The molecule has 278 valence electrons. The first-order valence-corrected chi connectivity index (χ1v) is 21.2. The minimum absolute atomic E-state index is 0.0508. The highest BCUT2D eigenvalue weighted by atomic mass is 16.5. The van der Waals surface area contributed by atoms with Gasteiger partial charge in [-0.05, 0) is 136 Å². The molecule has 0 aromatic heterocycles. The molecule has 10 unspecified atom stereocenters. The molecule has 5 saturated carbocycles. The normalized spacial score (nSPS) is 39.5. The predicted octanol–water partition coefficient (Wildman–Crippen LogP) is 11.6. The zero-order valence-corrected chi connectivity index (χ0v) is 32.9. The Balaban J connectivity index is 1.12. The van der Waals surface area contributed by atoms with Gasteiger partial charge in [-0.15, -0.1) is 0 Å². The van der Waals surface area contributed by atoms with Crippen molar-refractivity contribution < 1.29 is 19.7 Å². The molecule has 4 nitrogen and oxygen atoms in total. The summed E-state index contributed by atoms with van der Waals surface area (Å²) in [4.78, 5) is 13.1. The van der Waals surface area contributed by atoms with E-state index in [1.54, 1.807) is 13.8 Å². The lowest BCUT2D eigenvalue weighted by Gasteiger charge is -2.63. The fourth-order valence-electron chi connectivity index (χ4n) is 13.6. The van der Waals surface area contributed by atoms with Gasteiger partial charge in [0.2, 0.25) is 0 Å². The van der Waals surface area contributed by atoms with Gasteiger partial charge in [0.05, 0.1) is 11.7 Å². The quantitative estimate of drug-likeness (QED) is 0.112. The molecule has 10 atom stereocenters. The Morgan fingerprint density at radius 2 is 1.33 bits per heavy atom. The number of rotatable bonds is 18. The third-order valence-electron chi connectivity index (χ3n) is 16.8. The van der Waals surface area contributed by atoms with Gasteiger partial charge in [-0.25, -0.2) is 0 Å². The zero-order valence-electron chi connectivity index (χ0n) is 32.9. The molecule has 2 spiro atoms. The van der Waals surface area contributed by atoms with Crippen LogP contribution in [0, 0.1) is 50.7 Å². The summed E-state index contributed by atoms with van der Waals surface area (Å²) >= 11 is 0. The zero-order chi connectivity index (χ0) is 35.0. The van der Waals surface area contributed by atoms with E-state index in [9.17, 15) is 15.0 Å². The molecule has 2 N–H and O–H groups in total. The smallest absolute Gasteiger partial charge is 0.306 e. The molecule has 0 saturated heterocycles. The highest BCUT2D eigenvalue weighted by Gasteiger charge is 2.82. The van der Waals surface area contributed by atoms with Crippen LogP contribution >= 0.6 is 0 Å². The van der Waals surface area contributed by atoms with Crippen LogP contribution in [-0.4, -0.2) is 34.0 Å². The van der Waals surface area contributed by atoms with Gasteiger partial charge in [0.25, 0.3) is 0 Å². The van der Waals surface area contributed by atoms with Crippen molar-refractivity contribution in [3.05, 3.63) is 0 Å². The van der Waals surface area contributed by atoms with Crippen molar-refractivity contribution in [3.8, 4) is 0 Å². The van der Waals surface area contributed by atoms with Gasteiger partial charge in [0, 0.05) is 11.8 Å². The number of aliphatic hydroxyl groups is 2. The van der Waals surface area contributed by atoms with E-state index in [0.717, 1.165) is 31.6 Å². The predicted molar refractivity (Wildman–Crippen MR) is 199 cm³/mol. The van der Waals surface area contributed by atoms with E-state index in [2.05, 4.69) is 41.5 Å². The van der Waals surface area contributed by atoms with Gasteiger partial charge in [-0.3, -0.25) is 4.79 Å². The number of hydrogen-bond donors (Lipinski definition) is 2.